The summed E-state index contributed by atoms with van der Waals surface area (Å²) < 4.78 is 11.5. The Morgan fingerprint density at radius 1 is 1.10 bits per heavy atom. The van der Waals surface area contributed by atoms with Crippen LogP contribution in [0.2, 0.25) is 0 Å². The molecule has 0 saturated carbocycles. The molecule has 1 atom stereocenters. The monoisotopic (exact) mass is 408 g/mol. The summed E-state index contributed by atoms with van der Waals surface area (Å²) >= 11 is 1.63. The molecule has 0 saturated heterocycles. The molecule has 0 unspecified atom stereocenters. The molecular formula is C22H24N4O2S. The van der Waals surface area contributed by atoms with Crippen LogP contribution in [0.5, 0.6) is 5.88 Å². The highest BCUT2D eigenvalue weighted by Crippen LogP contribution is 2.36. The molecule has 0 radical (unpaired) electrons. The van der Waals surface area contributed by atoms with Gasteiger partial charge in [0.05, 0.1) is 6.26 Å². The van der Waals surface area contributed by atoms with Crippen LogP contribution in [0.25, 0.3) is 17.3 Å². The lowest BCUT2D eigenvalue weighted by Crippen LogP contribution is -2.23. The van der Waals surface area contributed by atoms with Gasteiger partial charge in [0, 0.05) is 17.0 Å². The molecule has 0 bridgehead atoms. The predicted octanol–water partition coefficient (Wildman–Crippen LogP) is 5.65. The lowest BCUT2D eigenvalue weighted by molar-refractivity contribution is 0.266. The van der Waals surface area contributed by atoms with Gasteiger partial charge in [-0.05, 0) is 36.8 Å². The smallest absolute Gasteiger partial charge is 0.247 e. The number of benzene rings is 1. The van der Waals surface area contributed by atoms with E-state index in [-0.39, 0.29) is 0 Å². The van der Waals surface area contributed by atoms with Crippen LogP contribution in [-0.4, -0.2) is 27.2 Å². The van der Waals surface area contributed by atoms with Crippen molar-refractivity contribution in [3.05, 3.63) is 54.5 Å². The quantitative estimate of drug-likeness (QED) is 0.381. The third-order valence-corrected chi connectivity index (χ3v) is 5.49. The number of fused-ring (bicyclic) bond motifs is 3. The molecule has 0 fully saturated rings. The molecule has 0 spiro atoms. The topological polar surface area (TPSA) is 73.1 Å². The van der Waals surface area contributed by atoms with E-state index >= 15 is 0 Å². The van der Waals surface area contributed by atoms with Crippen LogP contribution < -0.4 is 10.1 Å². The maximum absolute atomic E-state index is 6.16. The van der Waals surface area contributed by atoms with E-state index in [0.717, 1.165) is 29.2 Å². The van der Waals surface area contributed by atoms with Crippen molar-refractivity contribution in [1.82, 2.24) is 15.2 Å². The Bertz CT molecular complexity index is 959. The molecule has 0 aliphatic carbocycles. The van der Waals surface area contributed by atoms with Crippen molar-refractivity contribution in [1.29, 1.82) is 0 Å². The average Bonchev–Trinajstić information content (AvgIpc) is 3.21. The first kappa shape index (κ1) is 19.5. The normalized spacial score (nSPS) is 15.3. The van der Waals surface area contributed by atoms with Crippen LogP contribution in [-0.2, 0) is 0 Å². The van der Waals surface area contributed by atoms with Crippen molar-refractivity contribution >= 4 is 23.5 Å². The molecule has 29 heavy (non-hydrogen) atoms. The highest BCUT2D eigenvalue weighted by atomic mass is 32.2. The van der Waals surface area contributed by atoms with Crippen molar-refractivity contribution in [3.63, 3.8) is 0 Å². The summed E-state index contributed by atoms with van der Waals surface area (Å²) in [5.41, 5.74) is 2.50. The number of nitrogens with zero attached hydrogens (tertiary/aromatic N) is 3. The SMILES string of the molecule is CCCCCCSc1nnc2c(n1)O[C@@H](C=Cc1ccco1)Nc1ccccc1-2. The molecule has 6 nitrogen and oxygen atoms in total. The maximum atomic E-state index is 6.16. The van der Waals surface area contributed by atoms with Crippen LogP contribution in [0, 0.1) is 0 Å². The van der Waals surface area contributed by atoms with Gasteiger partial charge in [0.15, 0.2) is 11.9 Å². The van der Waals surface area contributed by atoms with Crippen LogP contribution in [0.3, 0.4) is 0 Å². The molecule has 150 valence electrons. The molecule has 1 aliphatic rings. The first-order valence-electron chi connectivity index (χ1n) is 9.95. The number of hydrogen-bond acceptors (Lipinski definition) is 7. The molecule has 4 rings (SSSR count). The number of unbranched alkanes of at least 4 members (excludes halogenated alkanes) is 3. The zero-order valence-corrected chi connectivity index (χ0v) is 17.2. The van der Waals surface area contributed by atoms with E-state index in [1.807, 2.05) is 48.6 Å². The molecule has 1 aliphatic heterocycles. The molecule has 3 aromatic rings. The molecule has 1 aromatic carbocycles. The van der Waals surface area contributed by atoms with Gasteiger partial charge < -0.3 is 14.5 Å². The highest BCUT2D eigenvalue weighted by molar-refractivity contribution is 7.99. The van der Waals surface area contributed by atoms with E-state index < -0.39 is 6.23 Å². The number of para-hydroxylation sites is 1. The summed E-state index contributed by atoms with van der Waals surface area (Å²) in [5.74, 6) is 2.23. The van der Waals surface area contributed by atoms with Gasteiger partial charge >= 0.3 is 0 Å². The van der Waals surface area contributed by atoms with Gasteiger partial charge in [-0.3, -0.25) is 0 Å². The van der Waals surface area contributed by atoms with E-state index in [0.29, 0.717) is 16.7 Å². The average molecular weight is 409 g/mol. The van der Waals surface area contributed by atoms with Crippen LogP contribution >= 0.6 is 11.8 Å². The van der Waals surface area contributed by atoms with E-state index in [4.69, 9.17) is 9.15 Å². The Kier molecular flexibility index (Phi) is 6.46. The Balaban J connectivity index is 1.56. The minimum Gasteiger partial charge on any atom is -0.465 e. The van der Waals surface area contributed by atoms with Gasteiger partial charge in [-0.2, -0.15) is 4.98 Å². The number of rotatable bonds is 8. The van der Waals surface area contributed by atoms with Gasteiger partial charge in [0.1, 0.15) is 5.76 Å². The third-order valence-electron chi connectivity index (χ3n) is 4.56. The molecule has 3 heterocycles. The maximum Gasteiger partial charge on any atom is 0.247 e. The Labute approximate surface area is 174 Å². The van der Waals surface area contributed by atoms with Gasteiger partial charge in [-0.25, -0.2) is 0 Å². The van der Waals surface area contributed by atoms with E-state index in [1.165, 1.54) is 19.3 Å². The van der Waals surface area contributed by atoms with Gasteiger partial charge in [-0.15, -0.1) is 10.2 Å². The standard InChI is InChI=1S/C22H24N4O2S/c1-2-3-4-7-15-29-22-24-21-20(25-26-22)17-10-5-6-11-18(17)23-19(28-21)13-12-16-9-8-14-27-16/h5-6,8-14,19,23H,2-4,7,15H2,1H3/t19-/m0/s1. The summed E-state index contributed by atoms with van der Waals surface area (Å²) in [6.07, 6.45) is 9.91. The van der Waals surface area contributed by atoms with E-state index in [2.05, 4.69) is 27.4 Å². The molecule has 0 amide bonds. The minimum atomic E-state index is -0.401. The largest absolute Gasteiger partial charge is 0.465 e. The van der Waals surface area contributed by atoms with Crippen molar-refractivity contribution < 1.29 is 9.15 Å². The van der Waals surface area contributed by atoms with Crippen LogP contribution in [0.1, 0.15) is 38.4 Å². The number of nitrogens with one attached hydrogen (secondary N) is 1. The number of aromatic nitrogens is 3. The zero-order valence-electron chi connectivity index (χ0n) is 16.4. The summed E-state index contributed by atoms with van der Waals surface area (Å²) in [4.78, 5) is 4.65. The molecule has 1 N–H and O–H groups in total. The number of hydrogen-bond donors (Lipinski definition) is 1. The minimum absolute atomic E-state index is 0.401. The number of furan rings is 1. The summed E-state index contributed by atoms with van der Waals surface area (Å²) in [5, 5.41) is 12.8. The van der Waals surface area contributed by atoms with E-state index in [1.54, 1.807) is 18.0 Å². The zero-order chi connectivity index (χ0) is 19.9. The van der Waals surface area contributed by atoms with Gasteiger partial charge in [-0.1, -0.05) is 56.1 Å². The predicted molar refractivity (Wildman–Crippen MR) is 116 cm³/mol. The fourth-order valence-corrected chi connectivity index (χ4v) is 3.85. The van der Waals surface area contributed by atoms with Crippen molar-refractivity contribution in [3.8, 4) is 17.1 Å². The second-order valence-electron chi connectivity index (χ2n) is 6.76. The van der Waals surface area contributed by atoms with Crippen molar-refractivity contribution in [2.75, 3.05) is 11.1 Å². The first-order chi connectivity index (χ1) is 14.3. The van der Waals surface area contributed by atoms with E-state index in [9.17, 15) is 0 Å². The van der Waals surface area contributed by atoms with Crippen LogP contribution in [0.15, 0.2) is 58.3 Å². The second kappa shape index (κ2) is 9.60. The van der Waals surface area contributed by atoms with Gasteiger partial charge in [0.25, 0.3) is 0 Å². The number of thioether (sulfide) groups is 1. The van der Waals surface area contributed by atoms with Crippen molar-refractivity contribution in [2.24, 2.45) is 0 Å². The fraction of sp³-hybridized carbons (Fsp3) is 0.318. The Hall–Kier alpha value is -2.80. The third kappa shape index (κ3) is 4.98. The Morgan fingerprint density at radius 2 is 2.03 bits per heavy atom. The summed E-state index contributed by atoms with van der Waals surface area (Å²) in [6.45, 7) is 2.21. The number of ether oxygens (including phenoxy) is 1. The first-order valence-corrected chi connectivity index (χ1v) is 10.9. The fourth-order valence-electron chi connectivity index (χ4n) is 3.08. The lowest BCUT2D eigenvalue weighted by Gasteiger charge is -2.15. The summed E-state index contributed by atoms with van der Waals surface area (Å²) in [7, 11) is 0. The van der Waals surface area contributed by atoms with Crippen molar-refractivity contribution in [2.45, 2.75) is 44.0 Å². The summed E-state index contributed by atoms with van der Waals surface area (Å²) in [6, 6.07) is 11.7. The van der Waals surface area contributed by atoms with Crippen LogP contribution in [0.4, 0.5) is 5.69 Å². The highest BCUT2D eigenvalue weighted by Gasteiger charge is 2.23. The Morgan fingerprint density at radius 3 is 2.90 bits per heavy atom. The molecular weight excluding hydrogens is 384 g/mol. The van der Waals surface area contributed by atoms with Gasteiger partial charge in [0.2, 0.25) is 11.0 Å². The second-order valence-corrected chi connectivity index (χ2v) is 7.82. The molecule has 7 heteroatoms. The number of anilines is 1. The lowest BCUT2D eigenvalue weighted by atomic mass is 10.1. The molecule has 2 aromatic heterocycles.